The van der Waals surface area contributed by atoms with E-state index in [2.05, 4.69) is 89.9 Å². The molecule has 6 rings (SSSR count). The molecule has 4 heteroatoms. The third-order valence-corrected chi connectivity index (χ3v) is 5.97. The lowest BCUT2D eigenvalue weighted by molar-refractivity contribution is -0.987. The van der Waals surface area contributed by atoms with Crippen molar-refractivity contribution in [3.8, 4) is 22.8 Å². The smallest absolute Gasteiger partial charge is 0.340 e. The predicted octanol–water partition coefficient (Wildman–Crippen LogP) is 5.07. The maximum atomic E-state index is 6.83. The second-order valence-electron chi connectivity index (χ2n) is 7.99. The van der Waals surface area contributed by atoms with E-state index in [0.29, 0.717) is 0 Å². The van der Waals surface area contributed by atoms with Gasteiger partial charge in [0.25, 0.3) is 0 Å². The number of benzene rings is 3. The molecular weight excluding hydrogens is 384 g/mol. The van der Waals surface area contributed by atoms with Gasteiger partial charge in [0.1, 0.15) is 0 Å². The van der Waals surface area contributed by atoms with Gasteiger partial charge >= 0.3 is 6.03 Å². The summed E-state index contributed by atoms with van der Waals surface area (Å²) < 4.78 is 17.8. The molecule has 0 fully saturated rings. The van der Waals surface area contributed by atoms with E-state index in [1.807, 2.05) is 30.5 Å². The number of aryl methyl sites for hydroxylation is 2. The lowest BCUT2D eigenvalue weighted by Gasteiger charge is -2.32. The van der Waals surface area contributed by atoms with Gasteiger partial charge in [0.15, 0.2) is 23.9 Å². The van der Waals surface area contributed by atoms with Gasteiger partial charge in [-0.25, -0.2) is 0 Å². The third-order valence-electron chi connectivity index (χ3n) is 5.97. The van der Waals surface area contributed by atoms with E-state index >= 15 is 0 Å². The van der Waals surface area contributed by atoms with Crippen molar-refractivity contribution < 1.29 is 18.6 Å². The van der Waals surface area contributed by atoms with Crippen LogP contribution in [0.2, 0.25) is 0 Å². The number of hydrogen-bond donors (Lipinski definition) is 0. The summed E-state index contributed by atoms with van der Waals surface area (Å²) >= 11 is 0. The van der Waals surface area contributed by atoms with Crippen molar-refractivity contribution in [2.75, 3.05) is 0 Å². The van der Waals surface area contributed by atoms with Gasteiger partial charge in [-0.15, -0.1) is 0 Å². The molecule has 0 aliphatic carbocycles. The highest BCUT2D eigenvalue weighted by molar-refractivity contribution is 5.82. The highest BCUT2D eigenvalue weighted by Crippen LogP contribution is 2.43. The van der Waals surface area contributed by atoms with Crippen LogP contribution >= 0.6 is 0 Å². The standard InChI is InChI=1S/C27H22N2O2/c1-19-10-8-12-21-18-29(22-13-4-3-5-14-22)27(30-25(19)21)28-17-7-6-16-24(28)23-15-9-11-20(2)26(23)31-27/h3-18H,1-2H3/q+2. The predicted molar refractivity (Wildman–Crippen MR) is 119 cm³/mol. The van der Waals surface area contributed by atoms with Crippen molar-refractivity contribution in [3.63, 3.8) is 0 Å². The van der Waals surface area contributed by atoms with E-state index in [9.17, 15) is 0 Å². The Balaban J connectivity index is 1.70. The SMILES string of the molecule is Cc1cccc2c1OC1(Oc3c(C)cccc3-c3cccc[n+]31)[N+](c1ccccc1)=C2. The number of fused-ring (bicyclic) bond motifs is 5. The van der Waals surface area contributed by atoms with Crippen LogP contribution in [-0.2, 0) is 6.03 Å². The van der Waals surface area contributed by atoms with Crippen LogP contribution in [0.15, 0.2) is 91.1 Å². The topological polar surface area (TPSA) is 25.4 Å². The van der Waals surface area contributed by atoms with Crippen molar-refractivity contribution >= 4 is 11.9 Å². The summed E-state index contributed by atoms with van der Waals surface area (Å²) in [4.78, 5) is 0. The van der Waals surface area contributed by atoms with Crippen LogP contribution in [0.25, 0.3) is 11.3 Å². The molecule has 31 heavy (non-hydrogen) atoms. The lowest BCUT2D eigenvalue weighted by atomic mass is 10.0. The van der Waals surface area contributed by atoms with E-state index in [1.165, 1.54) is 0 Å². The molecular formula is C27H22N2O2+2. The Hall–Kier alpha value is -3.92. The maximum Gasteiger partial charge on any atom is 0.714 e. The molecule has 1 unspecified atom stereocenters. The first-order valence-electron chi connectivity index (χ1n) is 10.5. The van der Waals surface area contributed by atoms with E-state index in [-0.39, 0.29) is 0 Å². The van der Waals surface area contributed by atoms with Crippen LogP contribution in [0.5, 0.6) is 11.5 Å². The molecule has 1 aromatic heterocycles. The molecule has 0 bridgehead atoms. The van der Waals surface area contributed by atoms with Gasteiger partial charge in [0.05, 0.1) is 11.1 Å². The summed E-state index contributed by atoms with van der Waals surface area (Å²) in [6, 6.07) is 27.6. The number of pyridine rings is 1. The third kappa shape index (κ3) is 2.55. The molecule has 2 aliphatic rings. The minimum absolute atomic E-state index is 0.828. The molecule has 3 heterocycles. The first-order valence-corrected chi connectivity index (χ1v) is 10.5. The first kappa shape index (κ1) is 17.9. The summed E-state index contributed by atoms with van der Waals surface area (Å²) in [6.45, 7) is 4.14. The molecule has 4 aromatic rings. The van der Waals surface area contributed by atoms with Crippen molar-refractivity contribution in [1.82, 2.24) is 0 Å². The minimum Gasteiger partial charge on any atom is -0.340 e. The van der Waals surface area contributed by atoms with Crippen LogP contribution in [0, 0.1) is 13.8 Å². The Morgan fingerprint density at radius 3 is 2.23 bits per heavy atom. The number of hydrogen-bond acceptors (Lipinski definition) is 2. The van der Waals surface area contributed by atoms with Gasteiger partial charge in [0, 0.05) is 24.3 Å². The van der Waals surface area contributed by atoms with E-state index in [4.69, 9.17) is 9.47 Å². The molecule has 3 aromatic carbocycles. The molecule has 0 saturated heterocycles. The Morgan fingerprint density at radius 2 is 1.39 bits per heavy atom. The zero-order valence-electron chi connectivity index (χ0n) is 17.4. The van der Waals surface area contributed by atoms with E-state index < -0.39 is 6.03 Å². The van der Waals surface area contributed by atoms with Crippen molar-refractivity contribution in [1.29, 1.82) is 0 Å². The number of para-hydroxylation sites is 3. The number of aromatic nitrogens is 1. The Bertz CT molecular complexity index is 1360. The zero-order valence-corrected chi connectivity index (χ0v) is 17.4. The van der Waals surface area contributed by atoms with Gasteiger partial charge in [-0.1, -0.05) is 51.6 Å². The second kappa shape index (κ2) is 6.54. The summed E-state index contributed by atoms with van der Waals surface area (Å²) in [5.41, 5.74) is 6.23. The summed E-state index contributed by atoms with van der Waals surface area (Å²) in [5.74, 6) is 1.66. The number of nitrogens with zero attached hydrogens (tertiary/aromatic N) is 2. The molecule has 150 valence electrons. The van der Waals surface area contributed by atoms with Gasteiger partial charge in [-0.2, -0.15) is 0 Å². The molecule has 4 nitrogen and oxygen atoms in total. The van der Waals surface area contributed by atoms with Crippen LogP contribution in [0.1, 0.15) is 16.7 Å². The van der Waals surface area contributed by atoms with Crippen LogP contribution in [-0.4, -0.2) is 10.8 Å². The highest BCUT2D eigenvalue weighted by Gasteiger charge is 2.66. The van der Waals surface area contributed by atoms with Crippen molar-refractivity contribution in [2.24, 2.45) is 0 Å². The Labute approximate surface area is 181 Å². The fourth-order valence-corrected chi connectivity index (χ4v) is 4.46. The monoisotopic (exact) mass is 406 g/mol. The zero-order chi connectivity index (χ0) is 21.0. The molecule has 0 saturated carbocycles. The number of ether oxygens (including phenoxy) is 2. The summed E-state index contributed by atoms with van der Waals surface area (Å²) in [6.07, 6.45) is 4.14. The Kier molecular flexibility index (Phi) is 3.78. The summed E-state index contributed by atoms with van der Waals surface area (Å²) in [5, 5.41) is 0. The lowest BCUT2D eigenvalue weighted by Crippen LogP contribution is -2.72. The van der Waals surface area contributed by atoms with Gasteiger partial charge < -0.3 is 9.47 Å². The molecule has 2 aliphatic heterocycles. The van der Waals surface area contributed by atoms with Gasteiger partial charge in [-0.05, 0) is 43.2 Å². The second-order valence-corrected chi connectivity index (χ2v) is 7.99. The molecule has 0 amide bonds. The van der Waals surface area contributed by atoms with Crippen LogP contribution in [0.4, 0.5) is 5.69 Å². The van der Waals surface area contributed by atoms with E-state index in [1.54, 1.807) is 0 Å². The highest BCUT2D eigenvalue weighted by atomic mass is 16.7. The normalized spacial score (nSPS) is 18.2. The maximum absolute atomic E-state index is 6.83. The largest absolute Gasteiger partial charge is 0.714 e. The molecule has 0 N–H and O–H groups in total. The van der Waals surface area contributed by atoms with Crippen molar-refractivity contribution in [2.45, 2.75) is 19.9 Å². The fourth-order valence-electron chi connectivity index (χ4n) is 4.46. The minimum atomic E-state index is -1.23. The van der Waals surface area contributed by atoms with Gasteiger partial charge in [-0.3, -0.25) is 0 Å². The van der Waals surface area contributed by atoms with Crippen LogP contribution < -0.4 is 14.0 Å². The average Bonchev–Trinajstić information content (AvgIpc) is 2.81. The molecule has 1 spiro atoms. The summed E-state index contributed by atoms with van der Waals surface area (Å²) in [7, 11) is 0. The van der Waals surface area contributed by atoms with Gasteiger partial charge in [0.2, 0.25) is 11.4 Å². The van der Waals surface area contributed by atoms with E-state index in [0.717, 1.165) is 45.1 Å². The average molecular weight is 406 g/mol. The molecule has 0 radical (unpaired) electrons. The molecule has 1 atom stereocenters. The Morgan fingerprint density at radius 1 is 0.677 bits per heavy atom. The first-order chi connectivity index (χ1) is 15.2. The fraction of sp³-hybridized carbons (Fsp3) is 0.111. The van der Waals surface area contributed by atoms with Crippen molar-refractivity contribution in [3.05, 3.63) is 108 Å². The quantitative estimate of drug-likeness (QED) is 0.412. The van der Waals surface area contributed by atoms with Crippen LogP contribution in [0.3, 0.4) is 0 Å². The number of rotatable bonds is 1.